The molecule has 0 amide bonds. The summed E-state index contributed by atoms with van der Waals surface area (Å²) < 4.78 is 5.14. The van der Waals surface area contributed by atoms with Crippen molar-refractivity contribution in [2.45, 2.75) is 32.4 Å². The van der Waals surface area contributed by atoms with Crippen LogP contribution in [0.25, 0.3) is 0 Å². The number of esters is 1. The highest BCUT2D eigenvalue weighted by atomic mass is 16.5. The van der Waals surface area contributed by atoms with Gasteiger partial charge in [-0.2, -0.15) is 0 Å². The Hall–Kier alpha value is -1.35. The van der Waals surface area contributed by atoms with Gasteiger partial charge in [0.15, 0.2) is 6.04 Å². The minimum Gasteiger partial charge on any atom is -0.456 e. The lowest BCUT2D eigenvalue weighted by Gasteiger charge is -2.07. The van der Waals surface area contributed by atoms with E-state index in [1.54, 1.807) is 0 Å². The zero-order valence-corrected chi connectivity index (χ0v) is 9.11. The van der Waals surface area contributed by atoms with Crippen molar-refractivity contribution in [3.05, 3.63) is 35.9 Å². The molecule has 0 unspecified atom stereocenters. The fourth-order valence-corrected chi connectivity index (χ4v) is 1.31. The number of quaternary nitrogens is 1. The van der Waals surface area contributed by atoms with Crippen LogP contribution in [0.5, 0.6) is 0 Å². The summed E-state index contributed by atoms with van der Waals surface area (Å²) in [5.74, 6) is -0.208. The summed E-state index contributed by atoms with van der Waals surface area (Å²) in [4.78, 5) is 11.4. The Balaban J connectivity index is 2.34. The van der Waals surface area contributed by atoms with Gasteiger partial charge in [-0.05, 0) is 12.0 Å². The highest BCUT2D eigenvalue weighted by molar-refractivity contribution is 5.73. The highest BCUT2D eigenvalue weighted by Gasteiger charge is 2.17. The van der Waals surface area contributed by atoms with Crippen molar-refractivity contribution in [3.8, 4) is 0 Å². The molecule has 0 aliphatic carbocycles. The van der Waals surface area contributed by atoms with Crippen LogP contribution >= 0.6 is 0 Å². The molecule has 1 aromatic carbocycles. The van der Waals surface area contributed by atoms with Crippen LogP contribution in [0, 0.1) is 0 Å². The van der Waals surface area contributed by atoms with Gasteiger partial charge in [-0.1, -0.05) is 37.3 Å². The van der Waals surface area contributed by atoms with Gasteiger partial charge in [0, 0.05) is 6.42 Å². The molecule has 15 heavy (non-hydrogen) atoms. The molecule has 0 radical (unpaired) electrons. The second kappa shape index (κ2) is 6.19. The Labute approximate surface area is 90.2 Å². The van der Waals surface area contributed by atoms with Gasteiger partial charge in [0.05, 0.1) is 0 Å². The van der Waals surface area contributed by atoms with Gasteiger partial charge < -0.3 is 10.5 Å². The van der Waals surface area contributed by atoms with Crippen LogP contribution < -0.4 is 5.73 Å². The second-order valence-electron chi connectivity index (χ2n) is 3.58. The van der Waals surface area contributed by atoms with Gasteiger partial charge in [-0.15, -0.1) is 0 Å². The summed E-state index contributed by atoms with van der Waals surface area (Å²) in [6.45, 7) is 2.37. The van der Waals surface area contributed by atoms with E-state index in [9.17, 15) is 4.79 Å². The average Bonchev–Trinajstić information content (AvgIpc) is 2.27. The van der Waals surface area contributed by atoms with Crippen molar-refractivity contribution in [2.24, 2.45) is 0 Å². The van der Waals surface area contributed by atoms with Crippen molar-refractivity contribution in [3.63, 3.8) is 0 Å². The minimum absolute atomic E-state index is 0.208. The van der Waals surface area contributed by atoms with Crippen molar-refractivity contribution in [1.29, 1.82) is 0 Å². The summed E-state index contributed by atoms with van der Waals surface area (Å²) in [5, 5.41) is 0. The third-order valence-electron chi connectivity index (χ3n) is 2.19. The van der Waals surface area contributed by atoms with E-state index in [1.807, 2.05) is 37.3 Å². The zero-order chi connectivity index (χ0) is 11.1. The third-order valence-corrected chi connectivity index (χ3v) is 2.19. The fourth-order valence-electron chi connectivity index (χ4n) is 1.31. The lowest BCUT2D eigenvalue weighted by atomic mass is 10.2. The highest BCUT2D eigenvalue weighted by Crippen LogP contribution is 2.02. The maximum Gasteiger partial charge on any atom is 0.365 e. The lowest BCUT2D eigenvalue weighted by molar-refractivity contribution is -0.410. The van der Waals surface area contributed by atoms with E-state index >= 15 is 0 Å². The van der Waals surface area contributed by atoms with E-state index in [-0.39, 0.29) is 12.0 Å². The predicted octanol–water partition coefficient (Wildman–Crippen LogP) is 1.14. The Kier molecular flexibility index (Phi) is 4.84. The number of rotatable bonds is 5. The Morgan fingerprint density at radius 3 is 2.67 bits per heavy atom. The summed E-state index contributed by atoms with van der Waals surface area (Å²) in [7, 11) is 0. The molecule has 0 aliphatic heterocycles. The molecule has 0 aliphatic rings. The quantitative estimate of drug-likeness (QED) is 0.738. The SMILES string of the molecule is CCC[C@@H]([NH3+])C(=O)OCc1ccccc1. The van der Waals surface area contributed by atoms with Crippen molar-refractivity contribution < 1.29 is 15.3 Å². The zero-order valence-electron chi connectivity index (χ0n) is 9.11. The van der Waals surface area contributed by atoms with Gasteiger partial charge in [-0.25, -0.2) is 4.79 Å². The van der Waals surface area contributed by atoms with Crippen LogP contribution in [0.2, 0.25) is 0 Å². The van der Waals surface area contributed by atoms with Gasteiger partial charge in [0.2, 0.25) is 0 Å². The molecule has 0 aromatic heterocycles. The molecule has 3 nitrogen and oxygen atoms in total. The molecule has 0 saturated carbocycles. The summed E-state index contributed by atoms with van der Waals surface area (Å²) >= 11 is 0. The smallest absolute Gasteiger partial charge is 0.365 e. The van der Waals surface area contributed by atoms with E-state index in [1.165, 1.54) is 0 Å². The van der Waals surface area contributed by atoms with Crippen LogP contribution in [0.4, 0.5) is 0 Å². The Morgan fingerprint density at radius 2 is 2.07 bits per heavy atom. The Morgan fingerprint density at radius 1 is 1.40 bits per heavy atom. The molecule has 0 heterocycles. The molecule has 3 heteroatoms. The number of hydrogen-bond acceptors (Lipinski definition) is 2. The number of ether oxygens (including phenoxy) is 1. The number of carbonyl (C=O) groups excluding carboxylic acids is 1. The summed E-state index contributed by atoms with van der Waals surface area (Å²) in [5.41, 5.74) is 4.77. The van der Waals surface area contributed by atoms with Gasteiger partial charge in [0.1, 0.15) is 6.61 Å². The molecule has 1 rings (SSSR count). The topological polar surface area (TPSA) is 53.9 Å². The molecule has 3 N–H and O–H groups in total. The fraction of sp³-hybridized carbons (Fsp3) is 0.417. The number of benzene rings is 1. The van der Waals surface area contributed by atoms with Crippen LogP contribution in [-0.2, 0) is 16.1 Å². The van der Waals surface area contributed by atoms with E-state index in [2.05, 4.69) is 5.73 Å². The molecule has 0 saturated heterocycles. The monoisotopic (exact) mass is 208 g/mol. The standard InChI is InChI=1S/C12H17NO2/c1-2-6-11(13)12(14)15-9-10-7-4-3-5-8-10/h3-5,7-8,11H,2,6,9,13H2,1H3/p+1/t11-/m1/s1. The first-order valence-corrected chi connectivity index (χ1v) is 5.27. The normalized spacial score (nSPS) is 12.1. The van der Waals surface area contributed by atoms with E-state index in [4.69, 9.17) is 4.74 Å². The van der Waals surface area contributed by atoms with Gasteiger partial charge >= 0.3 is 5.97 Å². The van der Waals surface area contributed by atoms with Crippen molar-refractivity contribution >= 4 is 5.97 Å². The van der Waals surface area contributed by atoms with Crippen LogP contribution in [0.15, 0.2) is 30.3 Å². The van der Waals surface area contributed by atoms with Crippen LogP contribution in [0.3, 0.4) is 0 Å². The summed E-state index contributed by atoms with van der Waals surface area (Å²) in [6.07, 6.45) is 1.74. The first-order chi connectivity index (χ1) is 7.24. The van der Waals surface area contributed by atoms with Gasteiger partial charge in [-0.3, -0.25) is 0 Å². The first-order valence-electron chi connectivity index (χ1n) is 5.27. The largest absolute Gasteiger partial charge is 0.456 e. The maximum atomic E-state index is 11.4. The number of carbonyl (C=O) groups is 1. The lowest BCUT2D eigenvalue weighted by Crippen LogP contribution is -2.65. The minimum atomic E-state index is -0.237. The van der Waals surface area contributed by atoms with Crippen molar-refractivity contribution in [2.75, 3.05) is 0 Å². The molecule has 0 spiro atoms. The van der Waals surface area contributed by atoms with Crippen LogP contribution in [-0.4, -0.2) is 12.0 Å². The predicted molar refractivity (Wildman–Crippen MR) is 57.8 cm³/mol. The third kappa shape index (κ3) is 4.13. The van der Waals surface area contributed by atoms with Crippen molar-refractivity contribution in [1.82, 2.24) is 0 Å². The Bertz CT molecular complexity index is 298. The molecular formula is C12H18NO2+. The molecule has 1 aromatic rings. The molecular weight excluding hydrogens is 190 g/mol. The average molecular weight is 208 g/mol. The molecule has 1 atom stereocenters. The van der Waals surface area contributed by atoms with Gasteiger partial charge in [0.25, 0.3) is 0 Å². The van der Waals surface area contributed by atoms with E-state index in [0.717, 1.165) is 18.4 Å². The number of hydrogen-bond donors (Lipinski definition) is 1. The van der Waals surface area contributed by atoms with E-state index in [0.29, 0.717) is 6.61 Å². The molecule has 82 valence electrons. The summed E-state index contributed by atoms with van der Waals surface area (Å²) in [6, 6.07) is 9.43. The molecule has 0 fully saturated rings. The second-order valence-corrected chi connectivity index (χ2v) is 3.58. The molecule has 0 bridgehead atoms. The van der Waals surface area contributed by atoms with Crippen LogP contribution in [0.1, 0.15) is 25.3 Å². The first kappa shape index (κ1) is 11.7. The van der Waals surface area contributed by atoms with E-state index < -0.39 is 0 Å². The maximum absolute atomic E-state index is 11.4.